The maximum absolute atomic E-state index is 12.9. The molecular formula is C22H22N6O3. The Hall–Kier alpha value is -4.14. The van der Waals surface area contributed by atoms with Crippen molar-refractivity contribution in [3.8, 4) is 5.75 Å². The van der Waals surface area contributed by atoms with Crippen molar-refractivity contribution in [1.29, 1.82) is 0 Å². The number of aromatic hydroxyl groups is 1. The molecular weight excluding hydrogens is 396 g/mol. The molecule has 0 bridgehead atoms. The fourth-order valence-electron chi connectivity index (χ4n) is 3.36. The molecule has 0 atom stereocenters. The molecule has 9 nitrogen and oxygen atoms in total. The second kappa shape index (κ2) is 8.31. The molecule has 0 fully saturated rings. The third-order valence-corrected chi connectivity index (χ3v) is 5.09. The summed E-state index contributed by atoms with van der Waals surface area (Å²) in [6, 6.07) is 16.5. The smallest absolute Gasteiger partial charge is 0.332 e. The lowest BCUT2D eigenvalue weighted by atomic mass is 10.1. The van der Waals surface area contributed by atoms with E-state index >= 15 is 0 Å². The Kier molecular flexibility index (Phi) is 5.40. The van der Waals surface area contributed by atoms with E-state index in [1.807, 2.05) is 30.3 Å². The van der Waals surface area contributed by atoms with Gasteiger partial charge in [-0.1, -0.05) is 30.3 Å². The highest BCUT2D eigenvalue weighted by Crippen LogP contribution is 2.17. The summed E-state index contributed by atoms with van der Waals surface area (Å²) in [5.74, 6) is 0.531. The van der Waals surface area contributed by atoms with Crippen LogP contribution in [0.2, 0.25) is 0 Å². The maximum atomic E-state index is 12.9. The number of anilines is 1. The van der Waals surface area contributed by atoms with Gasteiger partial charge in [0.2, 0.25) is 5.95 Å². The zero-order valence-corrected chi connectivity index (χ0v) is 17.2. The van der Waals surface area contributed by atoms with E-state index in [1.165, 1.54) is 11.6 Å². The SMILES string of the molecule is Cn1c(=O)c2c(nc(N/N=C/c3ccc(O)cc3)n2CCc2ccccc2)n(C)c1=O. The first-order chi connectivity index (χ1) is 15.0. The van der Waals surface area contributed by atoms with Crippen LogP contribution in [0.5, 0.6) is 5.75 Å². The number of hydrogen-bond acceptors (Lipinski definition) is 6. The third kappa shape index (κ3) is 3.97. The number of nitrogens with zero attached hydrogens (tertiary/aromatic N) is 5. The van der Waals surface area contributed by atoms with E-state index in [1.54, 1.807) is 42.1 Å². The largest absolute Gasteiger partial charge is 0.508 e. The Balaban J connectivity index is 1.74. The van der Waals surface area contributed by atoms with Gasteiger partial charge in [0.25, 0.3) is 5.56 Å². The number of rotatable bonds is 6. The summed E-state index contributed by atoms with van der Waals surface area (Å²) >= 11 is 0. The summed E-state index contributed by atoms with van der Waals surface area (Å²) in [5.41, 5.74) is 4.57. The predicted octanol–water partition coefficient (Wildman–Crippen LogP) is 1.83. The van der Waals surface area contributed by atoms with Crippen LogP contribution in [-0.4, -0.2) is 30.0 Å². The number of nitrogens with one attached hydrogen (secondary N) is 1. The van der Waals surface area contributed by atoms with Gasteiger partial charge in [0.05, 0.1) is 6.21 Å². The Morgan fingerprint density at radius 1 is 1.03 bits per heavy atom. The van der Waals surface area contributed by atoms with Gasteiger partial charge in [-0.15, -0.1) is 0 Å². The third-order valence-electron chi connectivity index (χ3n) is 5.09. The van der Waals surface area contributed by atoms with Crippen molar-refractivity contribution in [2.75, 3.05) is 5.43 Å². The monoisotopic (exact) mass is 418 g/mol. The Morgan fingerprint density at radius 2 is 1.74 bits per heavy atom. The van der Waals surface area contributed by atoms with Crippen molar-refractivity contribution < 1.29 is 5.11 Å². The van der Waals surface area contributed by atoms with E-state index in [2.05, 4.69) is 15.5 Å². The predicted molar refractivity (Wildman–Crippen MR) is 120 cm³/mol. The van der Waals surface area contributed by atoms with Gasteiger partial charge in [0.15, 0.2) is 11.2 Å². The van der Waals surface area contributed by atoms with Crippen LogP contribution >= 0.6 is 0 Å². The molecule has 0 saturated carbocycles. The number of hydrazone groups is 1. The number of aryl methyl sites for hydroxylation is 3. The number of aromatic nitrogens is 4. The first-order valence-corrected chi connectivity index (χ1v) is 9.74. The molecule has 0 unspecified atom stereocenters. The highest BCUT2D eigenvalue weighted by molar-refractivity contribution is 5.80. The molecule has 158 valence electrons. The van der Waals surface area contributed by atoms with Crippen LogP contribution in [0.3, 0.4) is 0 Å². The van der Waals surface area contributed by atoms with Gasteiger partial charge in [-0.3, -0.25) is 13.9 Å². The molecule has 31 heavy (non-hydrogen) atoms. The van der Waals surface area contributed by atoms with E-state index in [9.17, 15) is 14.7 Å². The van der Waals surface area contributed by atoms with Gasteiger partial charge in [0.1, 0.15) is 5.75 Å². The normalized spacial score (nSPS) is 11.4. The van der Waals surface area contributed by atoms with Gasteiger partial charge < -0.3 is 9.67 Å². The minimum absolute atomic E-state index is 0.171. The molecule has 0 aliphatic rings. The summed E-state index contributed by atoms with van der Waals surface area (Å²) in [7, 11) is 3.04. The number of phenols is 1. The van der Waals surface area contributed by atoms with E-state index in [-0.39, 0.29) is 5.75 Å². The van der Waals surface area contributed by atoms with Crippen molar-refractivity contribution in [2.24, 2.45) is 19.2 Å². The zero-order chi connectivity index (χ0) is 22.0. The molecule has 0 spiro atoms. The van der Waals surface area contributed by atoms with Gasteiger partial charge >= 0.3 is 5.69 Å². The molecule has 2 aromatic carbocycles. The van der Waals surface area contributed by atoms with Crippen LogP contribution in [0.15, 0.2) is 69.3 Å². The number of fused-ring (bicyclic) bond motifs is 1. The highest BCUT2D eigenvalue weighted by atomic mass is 16.3. The maximum Gasteiger partial charge on any atom is 0.332 e. The van der Waals surface area contributed by atoms with Crippen LogP contribution in [0.25, 0.3) is 11.2 Å². The minimum Gasteiger partial charge on any atom is -0.508 e. The fourth-order valence-corrected chi connectivity index (χ4v) is 3.36. The van der Waals surface area contributed by atoms with E-state index in [0.29, 0.717) is 30.1 Å². The van der Waals surface area contributed by atoms with Crippen molar-refractivity contribution in [2.45, 2.75) is 13.0 Å². The molecule has 0 aliphatic heterocycles. The number of imidazole rings is 1. The molecule has 2 heterocycles. The lowest BCUT2D eigenvalue weighted by Gasteiger charge is -2.09. The van der Waals surface area contributed by atoms with Gasteiger partial charge in [0, 0.05) is 20.6 Å². The first kappa shape index (κ1) is 20.1. The van der Waals surface area contributed by atoms with E-state index in [4.69, 9.17) is 0 Å². The summed E-state index contributed by atoms with van der Waals surface area (Å²) in [6.07, 6.45) is 2.26. The average molecular weight is 418 g/mol. The molecule has 9 heteroatoms. The fraction of sp³-hybridized carbons (Fsp3) is 0.182. The van der Waals surface area contributed by atoms with Crippen molar-refractivity contribution >= 4 is 23.3 Å². The van der Waals surface area contributed by atoms with Gasteiger partial charge in [-0.05, 0) is 41.8 Å². The van der Waals surface area contributed by atoms with Crippen molar-refractivity contribution in [1.82, 2.24) is 18.7 Å². The molecule has 0 amide bonds. The van der Waals surface area contributed by atoms with Crippen molar-refractivity contribution in [3.63, 3.8) is 0 Å². The van der Waals surface area contributed by atoms with Crippen molar-refractivity contribution in [3.05, 3.63) is 86.6 Å². The van der Waals surface area contributed by atoms with E-state index < -0.39 is 11.2 Å². The first-order valence-electron chi connectivity index (χ1n) is 9.74. The van der Waals surface area contributed by atoms with Gasteiger partial charge in [-0.25, -0.2) is 10.2 Å². The topological polar surface area (TPSA) is 106 Å². The molecule has 0 radical (unpaired) electrons. The molecule has 0 aliphatic carbocycles. The second-order valence-corrected chi connectivity index (χ2v) is 7.16. The van der Waals surface area contributed by atoms with Crippen LogP contribution in [0, 0.1) is 0 Å². The summed E-state index contributed by atoms with van der Waals surface area (Å²) < 4.78 is 4.18. The van der Waals surface area contributed by atoms with Crippen LogP contribution in [0.1, 0.15) is 11.1 Å². The Labute approximate surface area is 177 Å². The standard InChI is InChI=1S/C22H22N6O3/c1-26-19-18(20(30)27(2)22(26)31)28(13-12-15-6-4-3-5-7-15)21(24-19)25-23-14-16-8-10-17(29)11-9-16/h3-11,14,29H,12-13H2,1-2H3,(H,24,25)/b23-14+. The molecule has 2 N–H and O–H groups in total. The zero-order valence-electron chi connectivity index (χ0n) is 17.2. The molecule has 4 aromatic rings. The average Bonchev–Trinajstić information content (AvgIpc) is 3.15. The molecule has 4 rings (SSSR count). The minimum atomic E-state index is -0.440. The van der Waals surface area contributed by atoms with E-state index in [0.717, 1.165) is 15.7 Å². The lowest BCUT2D eigenvalue weighted by molar-refractivity contribution is 0.475. The Morgan fingerprint density at radius 3 is 2.45 bits per heavy atom. The lowest BCUT2D eigenvalue weighted by Crippen LogP contribution is -2.37. The summed E-state index contributed by atoms with van der Waals surface area (Å²) in [5, 5.41) is 13.6. The number of benzene rings is 2. The number of phenolic OH excluding ortho intramolecular Hbond substituents is 1. The Bertz CT molecular complexity index is 1370. The molecule has 0 saturated heterocycles. The molecule has 2 aromatic heterocycles. The highest BCUT2D eigenvalue weighted by Gasteiger charge is 2.18. The number of hydrogen-bond donors (Lipinski definition) is 2. The second-order valence-electron chi connectivity index (χ2n) is 7.16. The van der Waals surface area contributed by atoms with Gasteiger partial charge in [-0.2, -0.15) is 10.1 Å². The van der Waals surface area contributed by atoms with Crippen LogP contribution in [0.4, 0.5) is 5.95 Å². The summed E-state index contributed by atoms with van der Waals surface area (Å²) in [6.45, 7) is 0.477. The van der Waals surface area contributed by atoms with Crippen LogP contribution in [-0.2, 0) is 27.1 Å². The van der Waals surface area contributed by atoms with Crippen LogP contribution < -0.4 is 16.7 Å². The quantitative estimate of drug-likeness (QED) is 0.367. The summed E-state index contributed by atoms with van der Waals surface area (Å²) in [4.78, 5) is 29.7.